The first-order valence-electron chi connectivity index (χ1n) is 11.9. The van der Waals surface area contributed by atoms with Crippen molar-refractivity contribution in [1.29, 1.82) is 0 Å². The third-order valence-electron chi connectivity index (χ3n) is 5.98. The Labute approximate surface area is 216 Å². The second-order valence-electron chi connectivity index (χ2n) is 8.79. The molecule has 1 heterocycles. The number of nitrogens with zero attached hydrogens (tertiary/aromatic N) is 2. The number of aliphatic hydroxyl groups excluding tert-OH is 2. The Morgan fingerprint density at radius 1 is 1.06 bits per heavy atom. The van der Waals surface area contributed by atoms with Gasteiger partial charge in [0.1, 0.15) is 25.7 Å². The van der Waals surface area contributed by atoms with Crippen LogP contribution in [0.3, 0.4) is 0 Å². The first kappa shape index (κ1) is 32.1. The molecule has 0 spiro atoms. The second kappa shape index (κ2) is 17.5. The zero-order valence-corrected chi connectivity index (χ0v) is 23.0. The number of unbranched alkanes of at least 4 members (excludes halogenated alkanes) is 10. The molecule has 8 nitrogen and oxygen atoms in total. The number of rotatable bonds is 19. The predicted molar refractivity (Wildman–Crippen MR) is 121 cm³/mol. The Bertz CT molecular complexity index is 659. The van der Waals surface area contributed by atoms with Crippen LogP contribution in [0.2, 0.25) is 0 Å². The number of ketones is 1. The van der Waals surface area contributed by atoms with Gasteiger partial charge in [-0.15, -0.1) is 0 Å². The van der Waals surface area contributed by atoms with Crippen molar-refractivity contribution in [3.05, 3.63) is 0 Å². The predicted octanol–water partition coefficient (Wildman–Crippen LogP) is -0.612. The molecule has 0 bridgehead atoms. The average molecular weight is 486 g/mol. The van der Waals surface area contributed by atoms with Gasteiger partial charge in [-0.05, 0) is 6.42 Å². The fourth-order valence-electron chi connectivity index (χ4n) is 4.39. The molecule has 0 fully saturated rings. The van der Waals surface area contributed by atoms with Crippen LogP contribution in [0.25, 0.3) is 0 Å². The maximum Gasteiger partial charge on any atom is 1.00 e. The summed E-state index contributed by atoms with van der Waals surface area (Å²) in [6.07, 6.45) is 12.1. The quantitative estimate of drug-likeness (QED) is 0.109. The fraction of sp³-hybridized carbons (Fsp3) is 0.909. The molecule has 0 saturated heterocycles. The van der Waals surface area contributed by atoms with E-state index < -0.39 is 22.0 Å². The number of hydrogen-bond acceptors (Lipinski definition) is 7. The summed E-state index contributed by atoms with van der Waals surface area (Å²) < 4.78 is 32.8. The zero-order valence-electron chi connectivity index (χ0n) is 20.1. The van der Waals surface area contributed by atoms with E-state index in [0.717, 1.165) is 19.3 Å². The van der Waals surface area contributed by atoms with Crippen molar-refractivity contribution in [3.8, 4) is 0 Å². The largest absolute Gasteiger partial charge is 1.00 e. The summed E-state index contributed by atoms with van der Waals surface area (Å²) >= 11 is 0. The van der Waals surface area contributed by atoms with Gasteiger partial charge < -0.3 is 14.8 Å². The number of quaternary nitrogens is 1. The van der Waals surface area contributed by atoms with E-state index in [1.165, 1.54) is 51.4 Å². The van der Waals surface area contributed by atoms with E-state index in [2.05, 4.69) is 11.9 Å². The van der Waals surface area contributed by atoms with E-state index in [-0.39, 0.29) is 59.5 Å². The van der Waals surface area contributed by atoms with Gasteiger partial charge in [-0.1, -0.05) is 71.1 Å². The minimum Gasteiger partial charge on any atom is -0.748 e. The summed E-state index contributed by atoms with van der Waals surface area (Å²) in [6, 6.07) is 0. The molecule has 2 N–H and O–H groups in total. The van der Waals surface area contributed by atoms with E-state index >= 15 is 0 Å². The molecule has 1 rings (SSSR count). The van der Waals surface area contributed by atoms with Crippen LogP contribution in [0.15, 0.2) is 4.99 Å². The number of aliphatic hydroxyl groups is 2. The van der Waals surface area contributed by atoms with Crippen LogP contribution in [0, 0.1) is 0 Å². The molecule has 1 aliphatic rings. The molecule has 1 aliphatic heterocycles. The maximum absolute atomic E-state index is 12.8. The van der Waals surface area contributed by atoms with Crippen LogP contribution in [0.5, 0.6) is 0 Å². The van der Waals surface area contributed by atoms with Crippen LogP contribution in [0.4, 0.5) is 0 Å². The van der Waals surface area contributed by atoms with E-state index in [1.807, 2.05) is 0 Å². The molecule has 0 radical (unpaired) electrons. The van der Waals surface area contributed by atoms with Gasteiger partial charge in [-0.3, -0.25) is 9.28 Å². The summed E-state index contributed by atoms with van der Waals surface area (Å²) in [5.74, 6) is -0.721. The summed E-state index contributed by atoms with van der Waals surface area (Å²) in [4.78, 5) is 17.1. The van der Waals surface area contributed by atoms with Gasteiger partial charge >= 0.3 is 29.6 Å². The molecule has 182 valence electrons. The summed E-state index contributed by atoms with van der Waals surface area (Å²) in [5.41, 5.74) is 0. The van der Waals surface area contributed by atoms with E-state index in [1.54, 1.807) is 0 Å². The van der Waals surface area contributed by atoms with E-state index in [9.17, 15) is 28.0 Å². The molecular formula is C22H42N2NaO6S+. The molecule has 0 saturated carbocycles. The minimum absolute atomic E-state index is 0. The first-order valence-corrected chi connectivity index (χ1v) is 13.5. The van der Waals surface area contributed by atoms with Crippen LogP contribution in [-0.2, 0) is 14.9 Å². The molecule has 32 heavy (non-hydrogen) atoms. The smallest absolute Gasteiger partial charge is 0.748 e. The molecule has 2 unspecified atom stereocenters. The van der Waals surface area contributed by atoms with Crippen molar-refractivity contribution in [2.45, 2.75) is 90.1 Å². The number of hydrogen-bond donors (Lipinski definition) is 2. The molecule has 10 heteroatoms. The number of aliphatic imine (C=N–C) groups is 1. The topological polar surface area (TPSA) is 127 Å². The monoisotopic (exact) mass is 485 g/mol. The number of amidine groups is 1. The van der Waals surface area contributed by atoms with Crippen molar-refractivity contribution in [1.82, 2.24) is 0 Å². The Hall–Kier alpha value is 0.130. The third-order valence-corrected chi connectivity index (χ3v) is 6.77. The zero-order chi connectivity index (χ0) is 23.2. The van der Waals surface area contributed by atoms with Crippen LogP contribution in [0.1, 0.15) is 84.0 Å². The van der Waals surface area contributed by atoms with Gasteiger partial charge in [0.2, 0.25) is 5.78 Å². The molecule has 0 aliphatic carbocycles. The normalized spacial score (nSPS) is 19.4. The first-order chi connectivity index (χ1) is 14.7. The van der Waals surface area contributed by atoms with Gasteiger partial charge in [-0.2, -0.15) is 0 Å². The van der Waals surface area contributed by atoms with Crippen LogP contribution in [-0.4, -0.2) is 83.9 Å². The van der Waals surface area contributed by atoms with Crippen molar-refractivity contribution in [3.63, 3.8) is 0 Å². The molecule has 2 atom stereocenters. The van der Waals surface area contributed by atoms with Gasteiger partial charge in [0.05, 0.1) is 29.0 Å². The Morgan fingerprint density at radius 3 is 2.09 bits per heavy atom. The van der Waals surface area contributed by atoms with Crippen LogP contribution < -0.4 is 29.6 Å². The fourth-order valence-corrected chi connectivity index (χ4v) is 4.96. The minimum atomic E-state index is -4.58. The number of carbonyl (C=O) groups is 1. The maximum atomic E-state index is 12.8. The van der Waals surface area contributed by atoms with Crippen molar-refractivity contribution < 1.29 is 62.0 Å². The summed E-state index contributed by atoms with van der Waals surface area (Å²) in [5, 5.41) is 19.5. The second-order valence-corrected chi connectivity index (χ2v) is 10.2. The standard InChI is InChI=1S/C22H42N2O6S.Na/c1-2-3-4-5-6-7-8-9-10-11-12-13-21(27)22-23-14-15-24(22,16-17-25)18-20(26)19-31(28,29)30;/h20,25-26H,2-19H2,1H3;/q;+1. The van der Waals surface area contributed by atoms with Gasteiger partial charge in [0, 0.05) is 6.42 Å². The molecule has 0 aromatic carbocycles. The van der Waals surface area contributed by atoms with Crippen molar-refractivity contribution in [2.24, 2.45) is 4.99 Å². The molecule has 0 amide bonds. The van der Waals surface area contributed by atoms with Gasteiger partial charge in [-0.25, -0.2) is 13.4 Å². The number of Topliss-reactive ketones (excluding diaryl/α,β-unsaturated/α-hetero) is 1. The molecular weight excluding hydrogens is 443 g/mol. The third kappa shape index (κ3) is 13.1. The van der Waals surface area contributed by atoms with Crippen LogP contribution >= 0.6 is 0 Å². The summed E-state index contributed by atoms with van der Waals surface area (Å²) in [6.45, 7) is 2.86. The Morgan fingerprint density at radius 2 is 1.59 bits per heavy atom. The summed E-state index contributed by atoms with van der Waals surface area (Å²) in [7, 11) is -4.58. The average Bonchev–Trinajstić information content (AvgIpc) is 3.07. The van der Waals surface area contributed by atoms with Crippen molar-refractivity contribution in [2.75, 3.05) is 38.5 Å². The van der Waals surface area contributed by atoms with Gasteiger partial charge in [0.25, 0.3) is 5.84 Å². The Balaban J connectivity index is 0.00000961. The van der Waals surface area contributed by atoms with E-state index in [4.69, 9.17) is 0 Å². The Kier molecular flexibility index (Phi) is 17.6. The number of carbonyl (C=O) groups excluding carboxylic acids is 1. The SMILES string of the molecule is CCCCCCCCCCCCCC(=O)C1=NCC[N+]1(CCO)CC(O)CS(=O)(=O)[O-].[Na+]. The van der Waals surface area contributed by atoms with Gasteiger partial charge in [0.15, 0.2) is 0 Å². The molecule has 0 aromatic rings. The van der Waals surface area contributed by atoms with E-state index in [0.29, 0.717) is 25.3 Å². The molecule has 0 aromatic heterocycles. The van der Waals surface area contributed by atoms with Crippen molar-refractivity contribution >= 4 is 21.7 Å².